The maximum atomic E-state index is 12.5. The zero-order valence-electron chi connectivity index (χ0n) is 15.2. The largest absolute Gasteiger partial charge is 0.352 e. The normalized spacial score (nSPS) is 12.5. The van der Waals surface area contributed by atoms with Crippen LogP contribution in [0.1, 0.15) is 28.4 Å². The van der Waals surface area contributed by atoms with Gasteiger partial charge in [0.05, 0.1) is 4.90 Å². The lowest BCUT2D eigenvalue weighted by atomic mass is 10.1. The lowest BCUT2D eigenvalue weighted by Crippen LogP contribution is -2.31. The Morgan fingerprint density at radius 1 is 1.08 bits per heavy atom. The fourth-order valence-electron chi connectivity index (χ4n) is 2.26. The van der Waals surface area contributed by atoms with E-state index in [0.29, 0.717) is 24.3 Å². The van der Waals surface area contributed by atoms with Crippen molar-refractivity contribution in [3.05, 3.63) is 59.2 Å². The molecule has 0 aromatic heterocycles. The molecule has 0 spiro atoms. The number of nitrogens with two attached hydrogens (primary N) is 1. The first-order valence-electron chi connectivity index (χ1n) is 8.41. The van der Waals surface area contributed by atoms with Gasteiger partial charge in [0.25, 0.3) is 15.9 Å². The van der Waals surface area contributed by atoms with Gasteiger partial charge in [0.2, 0.25) is 0 Å². The van der Waals surface area contributed by atoms with E-state index in [1.165, 1.54) is 24.3 Å². The number of hydrogen-bond donors (Lipinski definition) is 3. The number of benzene rings is 2. The summed E-state index contributed by atoms with van der Waals surface area (Å²) in [6.07, 6.45) is 0. The van der Waals surface area contributed by atoms with Gasteiger partial charge in [-0.3, -0.25) is 9.52 Å². The van der Waals surface area contributed by atoms with Gasteiger partial charge in [-0.1, -0.05) is 13.0 Å². The van der Waals surface area contributed by atoms with Crippen LogP contribution >= 0.6 is 0 Å². The highest BCUT2D eigenvalue weighted by Crippen LogP contribution is 2.19. The quantitative estimate of drug-likeness (QED) is 0.692. The van der Waals surface area contributed by atoms with E-state index in [1.807, 2.05) is 26.8 Å². The van der Waals surface area contributed by atoms with Crippen LogP contribution in [0.3, 0.4) is 0 Å². The van der Waals surface area contributed by atoms with Crippen LogP contribution in [0.2, 0.25) is 0 Å². The van der Waals surface area contributed by atoms with Gasteiger partial charge in [0.1, 0.15) is 0 Å². The minimum absolute atomic E-state index is 0.0996. The number of carbonyl (C=O) groups excluding carboxylic acids is 1. The summed E-state index contributed by atoms with van der Waals surface area (Å²) in [6.45, 7) is 6.79. The fourth-order valence-corrected chi connectivity index (χ4v) is 3.31. The van der Waals surface area contributed by atoms with Gasteiger partial charge in [0.15, 0.2) is 0 Å². The Balaban J connectivity index is 2.10. The Morgan fingerprint density at radius 2 is 1.73 bits per heavy atom. The van der Waals surface area contributed by atoms with E-state index in [4.69, 9.17) is 5.73 Å². The van der Waals surface area contributed by atoms with Crippen molar-refractivity contribution in [1.29, 1.82) is 0 Å². The summed E-state index contributed by atoms with van der Waals surface area (Å²) in [5.41, 5.74) is 8.52. The zero-order valence-corrected chi connectivity index (χ0v) is 16.1. The Hall–Kier alpha value is -2.38. The van der Waals surface area contributed by atoms with Gasteiger partial charge in [0, 0.05) is 17.8 Å². The molecule has 0 heterocycles. The average molecular weight is 375 g/mol. The lowest BCUT2D eigenvalue weighted by molar-refractivity contribution is 0.0948. The van der Waals surface area contributed by atoms with Crippen molar-refractivity contribution in [3.8, 4) is 0 Å². The van der Waals surface area contributed by atoms with E-state index < -0.39 is 10.0 Å². The standard InChI is InChI=1S/C19H25N3O3S/c1-13(11-20)12-21-19(23)16-5-8-18(9-6-16)26(24,25)22-17-7-4-14(2)15(3)10-17/h4-10,13,22H,11-12,20H2,1-3H3,(H,21,23). The number of aryl methyl sites for hydroxylation is 2. The van der Waals surface area contributed by atoms with Crippen molar-refractivity contribution in [2.75, 3.05) is 17.8 Å². The van der Waals surface area contributed by atoms with Crippen LogP contribution in [0.25, 0.3) is 0 Å². The predicted molar refractivity (Wildman–Crippen MR) is 104 cm³/mol. The summed E-state index contributed by atoms with van der Waals surface area (Å²) in [7, 11) is -3.71. The van der Waals surface area contributed by atoms with Crippen molar-refractivity contribution in [2.24, 2.45) is 11.7 Å². The summed E-state index contributed by atoms with van der Waals surface area (Å²) >= 11 is 0. The smallest absolute Gasteiger partial charge is 0.261 e. The second-order valence-corrected chi connectivity index (χ2v) is 8.16. The summed E-state index contributed by atoms with van der Waals surface area (Å²) < 4.78 is 27.6. The Bertz CT molecular complexity index is 877. The minimum Gasteiger partial charge on any atom is -0.352 e. The van der Waals surface area contributed by atoms with Gasteiger partial charge in [-0.2, -0.15) is 0 Å². The summed E-state index contributed by atoms with van der Waals surface area (Å²) in [5, 5.41) is 2.78. The molecule has 1 unspecified atom stereocenters. The molecule has 0 aliphatic heterocycles. The van der Waals surface area contributed by atoms with Gasteiger partial charge in [-0.15, -0.1) is 0 Å². The van der Waals surface area contributed by atoms with Gasteiger partial charge < -0.3 is 11.1 Å². The molecule has 1 amide bonds. The highest BCUT2D eigenvalue weighted by molar-refractivity contribution is 7.92. The number of nitrogens with one attached hydrogen (secondary N) is 2. The molecular weight excluding hydrogens is 350 g/mol. The molecule has 0 aliphatic carbocycles. The third-order valence-corrected chi connectivity index (χ3v) is 5.60. The van der Waals surface area contributed by atoms with Crippen molar-refractivity contribution in [3.63, 3.8) is 0 Å². The van der Waals surface area contributed by atoms with Crippen molar-refractivity contribution in [2.45, 2.75) is 25.7 Å². The molecule has 7 heteroatoms. The molecule has 2 aromatic carbocycles. The molecule has 4 N–H and O–H groups in total. The molecule has 0 saturated carbocycles. The van der Waals surface area contributed by atoms with Gasteiger partial charge >= 0.3 is 0 Å². The Morgan fingerprint density at radius 3 is 2.31 bits per heavy atom. The number of anilines is 1. The molecule has 0 fully saturated rings. The molecule has 2 aromatic rings. The van der Waals surface area contributed by atoms with Crippen LogP contribution in [-0.2, 0) is 10.0 Å². The van der Waals surface area contributed by atoms with Crippen molar-refractivity contribution in [1.82, 2.24) is 5.32 Å². The lowest BCUT2D eigenvalue weighted by Gasteiger charge is -2.12. The Kier molecular flexibility index (Phi) is 6.39. The molecule has 1 atom stereocenters. The fraction of sp³-hybridized carbons (Fsp3) is 0.316. The van der Waals surface area contributed by atoms with E-state index in [-0.39, 0.29) is 16.7 Å². The molecule has 140 valence electrons. The van der Waals surface area contributed by atoms with Crippen LogP contribution in [0.5, 0.6) is 0 Å². The maximum Gasteiger partial charge on any atom is 0.261 e. The molecule has 0 aliphatic rings. The van der Waals surface area contributed by atoms with Crippen LogP contribution in [0, 0.1) is 19.8 Å². The van der Waals surface area contributed by atoms with Gasteiger partial charge in [-0.25, -0.2) is 8.42 Å². The average Bonchev–Trinajstić information content (AvgIpc) is 2.62. The van der Waals surface area contributed by atoms with Crippen molar-refractivity contribution >= 4 is 21.6 Å². The van der Waals surface area contributed by atoms with Crippen LogP contribution in [-0.4, -0.2) is 27.4 Å². The summed E-state index contributed by atoms with van der Waals surface area (Å²) in [4.78, 5) is 12.2. The number of hydrogen-bond acceptors (Lipinski definition) is 4. The highest BCUT2D eigenvalue weighted by atomic mass is 32.2. The van der Waals surface area contributed by atoms with Gasteiger partial charge in [-0.05, 0) is 73.8 Å². The Labute approximate surface area is 154 Å². The number of carbonyl (C=O) groups is 1. The zero-order chi connectivity index (χ0) is 19.3. The van der Waals surface area contributed by atoms with E-state index >= 15 is 0 Å². The molecule has 0 bridgehead atoms. The highest BCUT2D eigenvalue weighted by Gasteiger charge is 2.15. The van der Waals surface area contributed by atoms with E-state index in [1.54, 1.807) is 12.1 Å². The van der Waals surface area contributed by atoms with E-state index in [2.05, 4.69) is 10.0 Å². The minimum atomic E-state index is -3.71. The van der Waals surface area contributed by atoms with Crippen molar-refractivity contribution < 1.29 is 13.2 Å². The predicted octanol–water partition coefficient (Wildman–Crippen LogP) is 2.43. The first kappa shape index (κ1) is 19.9. The number of rotatable bonds is 7. The summed E-state index contributed by atoms with van der Waals surface area (Å²) in [5.74, 6) is -0.0721. The first-order valence-corrected chi connectivity index (χ1v) is 9.89. The van der Waals surface area contributed by atoms with Crippen LogP contribution in [0.4, 0.5) is 5.69 Å². The number of amides is 1. The van der Waals surface area contributed by atoms with Crippen LogP contribution < -0.4 is 15.8 Å². The monoisotopic (exact) mass is 375 g/mol. The number of sulfonamides is 1. The molecule has 0 radical (unpaired) electrons. The van der Waals surface area contributed by atoms with E-state index in [0.717, 1.165) is 11.1 Å². The molecule has 26 heavy (non-hydrogen) atoms. The van der Waals surface area contributed by atoms with Crippen LogP contribution in [0.15, 0.2) is 47.4 Å². The third kappa shape index (κ3) is 5.06. The third-order valence-electron chi connectivity index (χ3n) is 4.20. The first-order chi connectivity index (χ1) is 12.2. The topological polar surface area (TPSA) is 101 Å². The molecule has 2 rings (SSSR count). The second-order valence-electron chi connectivity index (χ2n) is 6.48. The second kappa shape index (κ2) is 8.33. The maximum absolute atomic E-state index is 12.5. The summed E-state index contributed by atoms with van der Waals surface area (Å²) in [6, 6.07) is 11.2. The SMILES string of the molecule is Cc1ccc(NS(=O)(=O)c2ccc(C(=O)NCC(C)CN)cc2)cc1C. The molecule has 0 saturated heterocycles. The molecular formula is C19H25N3O3S. The van der Waals surface area contributed by atoms with E-state index in [9.17, 15) is 13.2 Å². The molecule has 6 nitrogen and oxygen atoms in total.